The van der Waals surface area contributed by atoms with Crippen molar-refractivity contribution in [1.29, 1.82) is 0 Å². The Hall–Kier alpha value is -1.63. The molecule has 0 aromatic heterocycles. The summed E-state index contributed by atoms with van der Waals surface area (Å²) in [7, 11) is 0. The summed E-state index contributed by atoms with van der Waals surface area (Å²) >= 11 is 0. The number of carbonyl (C=O) groups is 3. The van der Waals surface area contributed by atoms with Gasteiger partial charge in [0.1, 0.15) is 6.04 Å². The number of carboxylic acids is 1. The Morgan fingerprint density at radius 2 is 1.90 bits per heavy atom. The predicted molar refractivity (Wildman–Crippen MR) is 72.5 cm³/mol. The van der Waals surface area contributed by atoms with Crippen LogP contribution < -0.4 is 16.8 Å². The van der Waals surface area contributed by atoms with Gasteiger partial charge in [-0.3, -0.25) is 9.59 Å². The van der Waals surface area contributed by atoms with Gasteiger partial charge in [0.2, 0.25) is 11.8 Å². The molecule has 0 aromatic rings. The van der Waals surface area contributed by atoms with Crippen molar-refractivity contribution in [3.63, 3.8) is 0 Å². The van der Waals surface area contributed by atoms with E-state index in [9.17, 15) is 14.4 Å². The van der Waals surface area contributed by atoms with Crippen LogP contribution in [0.2, 0.25) is 0 Å². The third-order valence-electron chi connectivity index (χ3n) is 3.84. The van der Waals surface area contributed by atoms with Crippen LogP contribution in [0.3, 0.4) is 0 Å². The van der Waals surface area contributed by atoms with Gasteiger partial charge in [-0.25, -0.2) is 4.79 Å². The summed E-state index contributed by atoms with van der Waals surface area (Å²) in [6, 6.07) is -1.07. The number of hydrogen-bond donors (Lipinski definition) is 4. The standard InChI is InChI=1S/C13H23N3O4/c14-7-8-3-1-2-4-9(8)12(18)16-10(13(19)20)5-6-11(15)17/h8-10H,1-7,14H2,(H2,15,17)(H,16,18)(H,19,20). The second-order valence-electron chi connectivity index (χ2n) is 5.29. The zero-order valence-electron chi connectivity index (χ0n) is 11.5. The molecule has 1 aliphatic rings. The highest BCUT2D eigenvalue weighted by Gasteiger charge is 2.32. The van der Waals surface area contributed by atoms with Crippen LogP contribution in [0.25, 0.3) is 0 Å². The number of rotatable bonds is 7. The van der Waals surface area contributed by atoms with Gasteiger partial charge in [0.15, 0.2) is 0 Å². The van der Waals surface area contributed by atoms with Gasteiger partial charge < -0.3 is 21.9 Å². The van der Waals surface area contributed by atoms with Crippen LogP contribution in [-0.4, -0.2) is 35.5 Å². The molecular formula is C13H23N3O4. The number of nitrogens with two attached hydrogens (primary N) is 2. The van der Waals surface area contributed by atoms with Gasteiger partial charge in [-0.1, -0.05) is 12.8 Å². The quantitative estimate of drug-likeness (QED) is 0.504. The largest absolute Gasteiger partial charge is 0.480 e. The maximum atomic E-state index is 12.2. The van der Waals surface area contributed by atoms with E-state index in [1.54, 1.807) is 0 Å². The fraction of sp³-hybridized carbons (Fsp3) is 0.769. The molecule has 3 atom stereocenters. The van der Waals surface area contributed by atoms with Crippen molar-refractivity contribution in [2.24, 2.45) is 23.3 Å². The Labute approximate surface area is 118 Å². The molecule has 1 aliphatic carbocycles. The summed E-state index contributed by atoms with van der Waals surface area (Å²) in [6.45, 7) is 0.428. The van der Waals surface area contributed by atoms with E-state index in [4.69, 9.17) is 16.6 Å². The second kappa shape index (κ2) is 7.84. The van der Waals surface area contributed by atoms with E-state index in [1.807, 2.05) is 0 Å². The Kier molecular flexibility index (Phi) is 6.44. The molecule has 3 unspecified atom stereocenters. The first-order chi connectivity index (χ1) is 9.45. The summed E-state index contributed by atoms with van der Waals surface area (Å²) in [5.41, 5.74) is 10.7. The highest BCUT2D eigenvalue weighted by molar-refractivity contribution is 5.85. The summed E-state index contributed by atoms with van der Waals surface area (Å²) in [4.78, 5) is 34.0. The molecule has 7 heteroatoms. The number of hydrogen-bond acceptors (Lipinski definition) is 4. The van der Waals surface area contributed by atoms with Gasteiger partial charge in [0.25, 0.3) is 0 Å². The summed E-state index contributed by atoms with van der Waals surface area (Å²) in [6.07, 6.45) is 3.57. The van der Waals surface area contributed by atoms with Crippen molar-refractivity contribution in [3.05, 3.63) is 0 Å². The fourth-order valence-corrected chi connectivity index (χ4v) is 2.66. The molecule has 2 amide bonds. The summed E-state index contributed by atoms with van der Waals surface area (Å²) in [5.74, 6) is -2.14. The molecule has 6 N–H and O–H groups in total. The number of carboxylic acid groups (broad SMARTS) is 1. The van der Waals surface area contributed by atoms with Gasteiger partial charge in [0.05, 0.1) is 0 Å². The van der Waals surface area contributed by atoms with E-state index < -0.39 is 17.9 Å². The van der Waals surface area contributed by atoms with Crippen molar-refractivity contribution in [2.75, 3.05) is 6.54 Å². The maximum absolute atomic E-state index is 12.2. The molecule has 0 aliphatic heterocycles. The molecule has 1 saturated carbocycles. The normalized spacial score (nSPS) is 23.9. The third kappa shape index (κ3) is 4.80. The Morgan fingerprint density at radius 1 is 1.25 bits per heavy atom. The first-order valence-corrected chi connectivity index (χ1v) is 6.97. The molecule has 0 bridgehead atoms. The molecule has 0 aromatic carbocycles. The maximum Gasteiger partial charge on any atom is 0.326 e. The number of amides is 2. The Balaban J connectivity index is 2.59. The molecular weight excluding hydrogens is 262 g/mol. The van der Waals surface area contributed by atoms with E-state index in [0.29, 0.717) is 6.54 Å². The Bertz CT molecular complexity index is 373. The van der Waals surface area contributed by atoms with Gasteiger partial charge in [-0.2, -0.15) is 0 Å². The minimum atomic E-state index is -1.15. The molecule has 20 heavy (non-hydrogen) atoms. The number of nitrogens with one attached hydrogen (secondary N) is 1. The van der Waals surface area contributed by atoms with E-state index in [2.05, 4.69) is 5.32 Å². The molecule has 0 spiro atoms. The van der Waals surface area contributed by atoms with Crippen molar-refractivity contribution in [1.82, 2.24) is 5.32 Å². The predicted octanol–water partition coefficient (Wildman–Crippen LogP) is -0.414. The van der Waals surface area contributed by atoms with Gasteiger partial charge in [0, 0.05) is 12.3 Å². The lowest BCUT2D eigenvalue weighted by Crippen LogP contribution is -2.47. The minimum absolute atomic E-state index is 0.0103. The van der Waals surface area contributed by atoms with Crippen molar-refractivity contribution in [2.45, 2.75) is 44.6 Å². The van der Waals surface area contributed by atoms with Gasteiger partial charge >= 0.3 is 5.97 Å². The van der Waals surface area contributed by atoms with Gasteiger partial charge in [-0.05, 0) is 31.7 Å². The highest BCUT2D eigenvalue weighted by atomic mass is 16.4. The summed E-state index contributed by atoms with van der Waals surface area (Å²) < 4.78 is 0. The van der Waals surface area contributed by atoms with Crippen molar-refractivity contribution >= 4 is 17.8 Å². The van der Waals surface area contributed by atoms with E-state index >= 15 is 0 Å². The van der Waals surface area contributed by atoms with Crippen LogP contribution >= 0.6 is 0 Å². The number of aliphatic carboxylic acids is 1. The first kappa shape index (κ1) is 16.4. The lowest BCUT2D eigenvalue weighted by Gasteiger charge is -2.30. The van der Waals surface area contributed by atoms with Crippen LogP contribution in [0.5, 0.6) is 0 Å². The van der Waals surface area contributed by atoms with Crippen molar-refractivity contribution in [3.8, 4) is 0 Å². The molecule has 1 rings (SSSR count). The lowest BCUT2D eigenvalue weighted by atomic mass is 9.78. The third-order valence-corrected chi connectivity index (χ3v) is 3.84. The topological polar surface area (TPSA) is 136 Å². The number of carbonyl (C=O) groups excluding carboxylic acids is 2. The van der Waals surface area contributed by atoms with E-state index in [0.717, 1.165) is 25.7 Å². The fourth-order valence-electron chi connectivity index (χ4n) is 2.66. The van der Waals surface area contributed by atoms with Crippen LogP contribution in [-0.2, 0) is 14.4 Å². The zero-order valence-corrected chi connectivity index (χ0v) is 11.5. The second-order valence-corrected chi connectivity index (χ2v) is 5.29. The Morgan fingerprint density at radius 3 is 2.45 bits per heavy atom. The van der Waals surface area contributed by atoms with Gasteiger partial charge in [-0.15, -0.1) is 0 Å². The van der Waals surface area contributed by atoms with E-state index in [-0.39, 0.29) is 30.6 Å². The monoisotopic (exact) mass is 285 g/mol. The average Bonchev–Trinajstić information content (AvgIpc) is 2.42. The molecule has 1 fully saturated rings. The molecule has 114 valence electrons. The smallest absolute Gasteiger partial charge is 0.326 e. The highest BCUT2D eigenvalue weighted by Crippen LogP contribution is 2.29. The van der Waals surface area contributed by atoms with E-state index in [1.165, 1.54) is 0 Å². The average molecular weight is 285 g/mol. The molecule has 7 nitrogen and oxygen atoms in total. The van der Waals surface area contributed by atoms with Crippen LogP contribution in [0.4, 0.5) is 0 Å². The summed E-state index contributed by atoms with van der Waals surface area (Å²) in [5, 5.41) is 11.6. The number of primary amides is 1. The lowest BCUT2D eigenvalue weighted by molar-refractivity contribution is -0.143. The van der Waals surface area contributed by atoms with Crippen LogP contribution in [0.1, 0.15) is 38.5 Å². The SMILES string of the molecule is NCC1CCCCC1C(=O)NC(CCC(N)=O)C(=O)O. The first-order valence-electron chi connectivity index (χ1n) is 6.97. The molecule has 0 radical (unpaired) electrons. The molecule has 0 saturated heterocycles. The van der Waals surface area contributed by atoms with Crippen LogP contribution in [0, 0.1) is 11.8 Å². The zero-order chi connectivity index (χ0) is 15.1. The molecule has 0 heterocycles. The minimum Gasteiger partial charge on any atom is -0.480 e. The van der Waals surface area contributed by atoms with Crippen molar-refractivity contribution < 1.29 is 19.5 Å². The van der Waals surface area contributed by atoms with Crippen LogP contribution in [0.15, 0.2) is 0 Å².